The molecule has 1 heterocycles. The van der Waals surface area contributed by atoms with E-state index in [0.29, 0.717) is 31.2 Å². The number of ether oxygens (including phenoxy) is 1. The Morgan fingerprint density at radius 3 is 2.61 bits per heavy atom. The predicted molar refractivity (Wildman–Crippen MR) is 110 cm³/mol. The third kappa shape index (κ3) is 5.24. The van der Waals surface area contributed by atoms with Gasteiger partial charge in [0.15, 0.2) is 0 Å². The van der Waals surface area contributed by atoms with Crippen LogP contribution in [-0.4, -0.2) is 69.4 Å². The molecular formula is C20H33N3O4S. The first-order valence-electron chi connectivity index (χ1n) is 10.1. The maximum Gasteiger partial charge on any atom is 0.251 e. The molecule has 2 rings (SSSR count). The van der Waals surface area contributed by atoms with Gasteiger partial charge in [0, 0.05) is 37.8 Å². The molecule has 0 saturated carbocycles. The van der Waals surface area contributed by atoms with Gasteiger partial charge in [0.1, 0.15) is 10.6 Å². The highest BCUT2D eigenvalue weighted by Gasteiger charge is 2.27. The van der Waals surface area contributed by atoms with Gasteiger partial charge in [-0.05, 0) is 44.5 Å². The number of carbonyl (C=O) groups is 1. The fourth-order valence-corrected chi connectivity index (χ4v) is 5.27. The molecule has 28 heavy (non-hydrogen) atoms. The lowest BCUT2D eigenvalue weighted by atomic mass is 10.0. The van der Waals surface area contributed by atoms with Crippen molar-refractivity contribution >= 4 is 15.9 Å². The van der Waals surface area contributed by atoms with Crippen LogP contribution in [0.15, 0.2) is 23.1 Å². The van der Waals surface area contributed by atoms with E-state index < -0.39 is 10.0 Å². The van der Waals surface area contributed by atoms with E-state index in [2.05, 4.69) is 17.1 Å². The number of carbonyl (C=O) groups excluding carboxylic acids is 1. The van der Waals surface area contributed by atoms with E-state index in [4.69, 9.17) is 4.74 Å². The lowest BCUT2D eigenvalue weighted by Crippen LogP contribution is -2.42. The molecule has 1 amide bonds. The van der Waals surface area contributed by atoms with E-state index in [0.717, 1.165) is 13.1 Å². The molecule has 158 valence electrons. The monoisotopic (exact) mass is 411 g/mol. The molecule has 1 aliphatic rings. The fraction of sp³-hybridized carbons (Fsp3) is 0.650. The minimum absolute atomic E-state index is 0.0241. The third-order valence-corrected chi connectivity index (χ3v) is 7.45. The zero-order valence-corrected chi connectivity index (χ0v) is 18.2. The average molecular weight is 412 g/mol. The largest absolute Gasteiger partial charge is 0.495 e. The quantitative estimate of drug-likeness (QED) is 0.675. The molecule has 1 fully saturated rings. The van der Waals surface area contributed by atoms with Crippen molar-refractivity contribution in [3.8, 4) is 5.75 Å². The summed E-state index contributed by atoms with van der Waals surface area (Å²) in [5, 5.41) is 2.91. The summed E-state index contributed by atoms with van der Waals surface area (Å²) in [5.41, 5.74) is 0.318. The highest BCUT2D eigenvalue weighted by atomic mass is 32.2. The van der Waals surface area contributed by atoms with Gasteiger partial charge < -0.3 is 10.1 Å². The van der Waals surface area contributed by atoms with Crippen molar-refractivity contribution in [3.63, 3.8) is 0 Å². The predicted octanol–water partition coefficient (Wildman–Crippen LogP) is 2.33. The minimum Gasteiger partial charge on any atom is -0.495 e. The second-order valence-electron chi connectivity index (χ2n) is 7.09. The summed E-state index contributed by atoms with van der Waals surface area (Å²) in [6, 6.07) is 5.08. The van der Waals surface area contributed by atoms with Crippen molar-refractivity contribution < 1.29 is 17.9 Å². The van der Waals surface area contributed by atoms with Crippen LogP contribution in [0, 0.1) is 0 Å². The second-order valence-corrected chi connectivity index (χ2v) is 9.00. The molecule has 1 unspecified atom stereocenters. The van der Waals surface area contributed by atoms with Crippen LogP contribution < -0.4 is 10.1 Å². The smallest absolute Gasteiger partial charge is 0.251 e. The number of sulfonamides is 1. The van der Waals surface area contributed by atoms with Gasteiger partial charge in [-0.1, -0.05) is 20.3 Å². The first kappa shape index (κ1) is 22.6. The summed E-state index contributed by atoms with van der Waals surface area (Å²) < 4.78 is 32.4. The number of hydrogen-bond donors (Lipinski definition) is 1. The van der Waals surface area contributed by atoms with Crippen LogP contribution >= 0.6 is 0 Å². The van der Waals surface area contributed by atoms with Gasteiger partial charge in [0.2, 0.25) is 10.0 Å². The average Bonchev–Trinajstić information content (AvgIpc) is 2.69. The highest BCUT2D eigenvalue weighted by Crippen LogP contribution is 2.28. The molecule has 0 aliphatic carbocycles. The van der Waals surface area contributed by atoms with Gasteiger partial charge in [0.05, 0.1) is 7.11 Å². The van der Waals surface area contributed by atoms with E-state index in [1.165, 1.54) is 42.8 Å². The summed E-state index contributed by atoms with van der Waals surface area (Å²) in [6.45, 7) is 8.89. The van der Waals surface area contributed by atoms with Crippen molar-refractivity contribution in [1.82, 2.24) is 14.5 Å². The lowest BCUT2D eigenvalue weighted by molar-refractivity contribution is 0.0938. The molecule has 1 atom stereocenters. The number of nitrogens with zero attached hydrogens (tertiary/aromatic N) is 2. The van der Waals surface area contributed by atoms with Crippen LogP contribution in [0.4, 0.5) is 0 Å². The third-order valence-electron chi connectivity index (χ3n) is 5.37. The molecule has 1 aromatic carbocycles. The molecule has 0 radical (unpaired) electrons. The van der Waals surface area contributed by atoms with Gasteiger partial charge in [-0.25, -0.2) is 8.42 Å². The zero-order chi connectivity index (χ0) is 20.7. The Morgan fingerprint density at radius 1 is 1.29 bits per heavy atom. The summed E-state index contributed by atoms with van der Waals surface area (Å²) in [4.78, 5) is 15.0. The Hall–Kier alpha value is -1.64. The summed E-state index contributed by atoms with van der Waals surface area (Å²) in [6.07, 6.45) is 3.65. The van der Waals surface area contributed by atoms with Crippen molar-refractivity contribution in [2.75, 3.05) is 39.8 Å². The van der Waals surface area contributed by atoms with Crippen LogP contribution in [0.2, 0.25) is 0 Å². The van der Waals surface area contributed by atoms with Crippen molar-refractivity contribution in [2.45, 2.75) is 51.0 Å². The number of nitrogens with one attached hydrogen (secondary N) is 1. The molecule has 0 bridgehead atoms. The molecule has 1 N–H and O–H groups in total. The maximum absolute atomic E-state index is 12.9. The molecule has 7 nitrogen and oxygen atoms in total. The minimum atomic E-state index is -3.72. The molecule has 8 heteroatoms. The molecule has 1 saturated heterocycles. The van der Waals surface area contributed by atoms with Crippen molar-refractivity contribution in [1.29, 1.82) is 0 Å². The summed E-state index contributed by atoms with van der Waals surface area (Å²) in [5.74, 6) is -0.0334. The number of benzene rings is 1. The standard InChI is InChI=1S/C20H33N3O4S/c1-5-23(6-2)28(25,26)19-15-17(10-11-18(19)27-4)20(24)21-12-14-22-13-8-7-9-16(22)3/h10-11,15-16H,5-9,12-14H2,1-4H3,(H,21,24). The number of rotatable bonds is 9. The molecule has 1 aromatic rings. The van der Waals surface area contributed by atoms with Gasteiger partial charge >= 0.3 is 0 Å². The van der Waals surface area contributed by atoms with Crippen LogP contribution in [0.1, 0.15) is 50.4 Å². The van der Waals surface area contributed by atoms with Gasteiger partial charge in [0.25, 0.3) is 5.91 Å². The normalized spacial score (nSPS) is 18.2. The van der Waals surface area contributed by atoms with Crippen LogP contribution in [0.3, 0.4) is 0 Å². The maximum atomic E-state index is 12.9. The first-order chi connectivity index (χ1) is 13.3. The number of hydrogen-bond acceptors (Lipinski definition) is 5. The number of amides is 1. The Morgan fingerprint density at radius 2 is 2.00 bits per heavy atom. The molecule has 1 aliphatic heterocycles. The number of piperidine rings is 1. The first-order valence-corrected chi connectivity index (χ1v) is 11.5. The van der Waals surface area contributed by atoms with Crippen LogP contribution in [0.25, 0.3) is 0 Å². The topological polar surface area (TPSA) is 79.0 Å². The fourth-order valence-electron chi connectivity index (χ4n) is 3.63. The number of methoxy groups -OCH3 is 1. The van der Waals surface area contributed by atoms with Gasteiger partial charge in [-0.3, -0.25) is 9.69 Å². The SMILES string of the molecule is CCN(CC)S(=O)(=O)c1cc(C(=O)NCCN2CCCCC2C)ccc1OC. The van der Waals surface area contributed by atoms with Crippen molar-refractivity contribution in [2.24, 2.45) is 0 Å². The van der Waals surface area contributed by atoms with E-state index >= 15 is 0 Å². The lowest BCUT2D eigenvalue weighted by Gasteiger charge is -2.33. The van der Waals surface area contributed by atoms with E-state index in [1.54, 1.807) is 19.9 Å². The van der Waals surface area contributed by atoms with Gasteiger partial charge in [-0.2, -0.15) is 4.31 Å². The van der Waals surface area contributed by atoms with Crippen LogP contribution in [0.5, 0.6) is 5.75 Å². The van der Waals surface area contributed by atoms with Gasteiger partial charge in [-0.15, -0.1) is 0 Å². The van der Waals surface area contributed by atoms with E-state index in [9.17, 15) is 13.2 Å². The van der Waals surface area contributed by atoms with Crippen LogP contribution in [-0.2, 0) is 10.0 Å². The number of likely N-dealkylation sites (tertiary alicyclic amines) is 1. The second kappa shape index (κ2) is 10.2. The van der Waals surface area contributed by atoms with Crippen molar-refractivity contribution in [3.05, 3.63) is 23.8 Å². The van der Waals surface area contributed by atoms with E-state index in [-0.39, 0.29) is 16.6 Å². The summed E-state index contributed by atoms with van der Waals surface area (Å²) >= 11 is 0. The Bertz CT molecular complexity index is 763. The Kier molecular flexibility index (Phi) is 8.27. The molecule has 0 spiro atoms. The Balaban J connectivity index is 2.12. The molecule has 0 aromatic heterocycles. The molecular weight excluding hydrogens is 378 g/mol. The highest BCUT2D eigenvalue weighted by molar-refractivity contribution is 7.89. The summed E-state index contributed by atoms with van der Waals surface area (Å²) in [7, 11) is -2.30. The van der Waals surface area contributed by atoms with E-state index in [1.807, 2.05) is 0 Å². The Labute approximate surface area is 169 Å². The zero-order valence-electron chi connectivity index (χ0n) is 17.4.